The number of benzene rings is 1. The molecule has 0 saturated carbocycles. The Labute approximate surface area is 145 Å². The molecule has 0 radical (unpaired) electrons. The molecule has 1 aromatic carbocycles. The average Bonchev–Trinajstić information content (AvgIpc) is 3.08. The standard InChI is InChI=1S/C17H21N3O3S/c1-4-11-8-7-9-12(5-2)15(11)18-14(21)10-23-17(22)16-13(6-3)19-20-24-16/h7-9H,4-6,10H2,1-3H3,(H,18,21). The van der Waals surface area contributed by atoms with Gasteiger partial charge < -0.3 is 10.1 Å². The van der Waals surface area contributed by atoms with E-state index in [1.54, 1.807) is 0 Å². The van der Waals surface area contributed by atoms with E-state index in [2.05, 4.69) is 14.9 Å². The molecule has 7 heteroatoms. The van der Waals surface area contributed by atoms with Crippen LogP contribution >= 0.6 is 11.5 Å². The topological polar surface area (TPSA) is 81.2 Å². The van der Waals surface area contributed by atoms with Crippen LogP contribution in [0.5, 0.6) is 0 Å². The van der Waals surface area contributed by atoms with Crippen molar-refractivity contribution in [2.24, 2.45) is 0 Å². The highest BCUT2D eigenvalue weighted by atomic mass is 32.1. The van der Waals surface area contributed by atoms with Gasteiger partial charge in [0.2, 0.25) is 0 Å². The lowest BCUT2D eigenvalue weighted by Gasteiger charge is -2.14. The van der Waals surface area contributed by atoms with E-state index in [0.717, 1.165) is 41.2 Å². The highest BCUT2D eigenvalue weighted by Crippen LogP contribution is 2.22. The van der Waals surface area contributed by atoms with Crippen LogP contribution in [0.25, 0.3) is 0 Å². The normalized spacial score (nSPS) is 10.5. The van der Waals surface area contributed by atoms with E-state index in [1.807, 2.05) is 39.0 Å². The number of hydrogen-bond acceptors (Lipinski definition) is 6. The summed E-state index contributed by atoms with van der Waals surface area (Å²) in [5, 5.41) is 6.73. The van der Waals surface area contributed by atoms with Crippen molar-refractivity contribution in [1.82, 2.24) is 9.59 Å². The van der Waals surface area contributed by atoms with E-state index < -0.39 is 5.97 Å². The number of carbonyl (C=O) groups excluding carboxylic acids is 2. The average molecular weight is 347 g/mol. The number of nitrogens with one attached hydrogen (secondary N) is 1. The zero-order valence-corrected chi connectivity index (χ0v) is 14.9. The van der Waals surface area contributed by atoms with Crippen LogP contribution in [0.15, 0.2) is 18.2 Å². The maximum atomic E-state index is 12.2. The lowest BCUT2D eigenvalue weighted by atomic mass is 10.0. The summed E-state index contributed by atoms with van der Waals surface area (Å²) in [6, 6.07) is 5.95. The zero-order chi connectivity index (χ0) is 17.5. The molecule has 6 nitrogen and oxygen atoms in total. The van der Waals surface area contributed by atoms with E-state index in [4.69, 9.17) is 4.74 Å². The third-order valence-corrected chi connectivity index (χ3v) is 4.42. The van der Waals surface area contributed by atoms with E-state index in [-0.39, 0.29) is 12.5 Å². The van der Waals surface area contributed by atoms with Gasteiger partial charge in [0.1, 0.15) is 0 Å². The summed E-state index contributed by atoms with van der Waals surface area (Å²) in [6.07, 6.45) is 2.22. The molecule has 0 aliphatic heterocycles. The van der Waals surface area contributed by atoms with E-state index in [1.165, 1.54) is 0 Å². The lowest BCUT2D eigenvalue weighted by Crippen LogP contribution is -2.22. The maximum Gasteiger partial charge on any atom is 0.352 e. The first-order valence-corrected chi connectivity index (χ1v) is 8.76. The molecule has 1 heterocycles. The van der Waals surface area contributed by atoms with Gasteiger partial charge in [-0.05, 0) is 41.9 Å². The second-order valence-corrected chi connectivity index (χ2v) is 5.94. The zero-order valence-electron chi connectivity index (χ0n) is 14.1. The first-order valence-electron chi connectivity index (χ1n) is 7.99. The van der Waals surface area contributed by atoms with E-state index >= 15 is 0 Å². The van der Waals surface area contributed by atoms with Crippen LogP contribution in [-0.4, -0.2) is 28.1 Å². The van der Waals surface area contributed by atoms with Crippen molar-refractivity contribution in [2.45, 2.75) is 40.0 Å². The van der Waals surface area contributed by atoms with Gasteiger partial charge in [-0.25, -0.2) is 4.79 Å². The Kier molecular flexibility index (Phi) is 6.43. The Morgan fingerprint density at radius 3 is 2.38 bits per heavy atom. The Bertz CT molecular complexity index is 705. The number of esters is 1. The van der Waals surface area contributed by atoms with Crippen LogP contribution in [0.1, 0.15) is 47.3 Å². The van der Waals surface area contributed by atoms with Gasteiger partial charge in [-0.1, -0.05) is 43.5 Å². The van der Waals surface area contributed by atoms with Gasteiger partial charge in [-0.2, -0.15) is 0 Å². The number of hydrogen-bond donors (Lipinski definition) is 1. The predicted octanol–water partition coefficient (Wildman–Crippen LogP) is 3.02. The fourth-order valence-corrected chi connectivity index (χ4v) is 3.02. The summed E-state index contributed by atoms with van der Waals surface area (Å²) >= 11 is 0.983. The minimum Gasteiger partial charge on any atom is -0.451 e. The second kappa shape index (κ2) is 8.54. The molecule has 24 heavy (non-hydrogen) atoms. The third-order valence-electron chi connectivity index (χ3n) is 3.67. The highest BCUT2D eigenvalue weighted by Gasteiger charge is 2.18. The number of ether oxygens (including phenoxy) is 1. The first kappa shape index (κ1) is 18.1. The molecule has 1 amide bonds. The van der Waals surface area contributed by atoms with Crippen molar-refractivity contribution >= 4 is 29.1 Å². The minimum atomic E-state index is -0.559. The van der Waals surface area contributed by atoms with Gasteiger partial charge in [0.05, 0.1) is 5.69 Å². The van der Waals surface area contributed by atoms with Crippen LogP contribution < -0.4 is 5.32 Å². The Balaban J connectivity index is 2.00. The molecule has 0 unspecified atom stereocenters. The van der Waals surface area contributed by atoms with Crippen LogP contribution in [0.3, 0.4) is 0 Å². The van der Waals surface area contributed by atoms with Crippen LogP contribution in [0.4, 0.5) is 5.69 Å². The molecule has 0 aliphatic carbocycles. The minimum absolute atomic E-state index is 0.332. The van der Waals surface area contributed by atoms with Gasteiger partial charge in [-0.3, -0.25) is 4.79 Å². The number of nitrogens with zero attached hydrogens (tertiary/aromatic N) is 2. The number of anilines is 1. The van der Waals surface area contributed by atoms with E-state index in [9.17, 15) is 9.59 Å². The summed E-state index contributed by atoms with van der Waals surface area (Å²) in [5.41, 5.74) is 3.54. The molecule has 2 rings (SSSR count). The Hall–Kier alpha value is -2.28. The van der Waals surface area contributed by atoms with Gasteiger partial charge in [0, 0.05) is 5.69 Å². The molecule has 0 atom stereocenters. The Morgan fingerprint density at radius 1 is 1.12 bits per heavy atom. The third kappa shape index (κ3) is 4.17. The summed E-state index contributed by atoms with van der Waals surface area (Å²) in [4.78, 5) is 24.5. The molecular formula is C17H21N3O3S. The molecule has 2 aromatic rings. The van der Waals surface area contributed by atoms with E-state index in [0.29, 0.717) is 17.0 Å². The quantitative estimate of drug-likeness (QED) is 0.779. The number of para-hydroxylation sites is 1. The SMILES string of the molecule is CCc1cccc(CC)c1NC(=O)COC(=O)c1snnc1CC. The van der Waals surface area contributed by atoms with Gasteiger partial charge in [-0.15, -0.1) is 5.10 Å². The molecule has 1 N–H and O–H groups in total. The van der Waals surface area contributed by atoms with Crippen molar-refractivity contribution in [1.29, 1.82) is 0 Å². The van der Waals surface area contributed by atoms with Gasteiger partial charge in [0.25, 0.3) is 5.91 Å². The molecule has 1 aromatic heterocycles. The molecule has 0 saturated heterocycles. The number of carbonyl (C=O) groups is 2. The number of aryl methyl sites for hydroxylation is 3. The molecule has 0 aliphatic rings. The number of rotatable bonds is 7. The molecule has 0 fully saturated rings. The van der Waals surface area contributed by atoms with Crippen molar-refractivity contribution in [2.75, 3.05) is 11.9 Å². The van der Waals surface area contributed by atoms with Crippen LogP contribution in [-0.2, 0) is 28.8 Å². The fourth-order valence-electron chi connectivity index (χ4n) is 2.37. The second-order valence-electron chi connectivity index (χ2n) is 5.18. The first-order chi connectivity index (χ1) is 11.6. The molecule has 128 valence electrons. The van der Waals surface area contributed by atoms with Crippen molar-refractivity contribution in [3.8, 4) is 0 Å². The molecule has 0 bridgehead atoms. The van der Waals surface area contributed by atoms with Crippen molar-refractivity contribution in [3.05, 3.63) is 39.9 Å². The van der Waals surface area contributed by atoms with Crippen LogP contribution in [0.2, 0.25) is 0 Å². The van der Waals surface area contributed by atoms with Crippen LogP contribution in [0, 0.1) is 0 Å². The van der Waals surface area contributed by atoms with Crippen molar-refractivity contribution in [3.63, 3.8) is 0 Å². The van der Waals surface area contributed by atoms with Gasteiger partial charge in [0.15, 0.2) is 11.5 Å². The summed E-state index contributed by atoms with van der Waals surface area (Å²) in [5.74, 6) is -0.911. The highest BCUT2D eigenvalue weighted by molar-refractivity contribution is 7.07. The number of aromatic nitrogens is 2. The van der Waals surface area contributed by atoms with Gasteiger partial charge >= 0.3 is 5.97 Å². The lowest BCUT2D eigenvalue weighted by molar-refractivity contribution is -0.119. The number of amides is 1. The monoisotopic (exact) mass is 347 g/mol. The maximum absolute atomic E-state index is 12.2. The fraction of sp³-hybridized carbons (Fsp3) is 0.412. The largest absolute Gasteiger partial charge is 0.451 e. The molecule has 0 spiro atoms. The van der Waals surface area contributed by atoms with Crippen molar-refractivity contribution < 1.29 is 14.3 Å². The Morgan fingerprint density at radius 2 is 1.79 bits per heavy atom. The smallest absolute Gasteiger partial charge is 0.352 e. The predicted molar refractivity (Wildman–Crippen MR) is 93.4 cm³/mol. The summed E-state index contributed by atoms with van der Waals surface area (Å²) in [7, 11) is 0. The summed E-state index contributed by atoms with van der Waals surface area (Å²) < 4.78 is 8.83. The summed E-state index contributed by atoms with van der Waals surface area (Å²) in [6.45, 7) is 5.62. The molecular weight excluding hydrogens is 326 g/mol.